The molecule has 1 aromatic heterocycles. The molecule has 1 nitrogen and oxygen atoms in total. The van der Waals surface area contributed by atoms with Crippen LogP contribution in [-0.4, -0.2) is 13.1 Å². The number of aryl methyl sites for hydroxylation is 1. The second-order valence-corrected chi connectivity index (χ2v) is 6.36. The summed E-state index contributed by atoms with van der Waals surface area (Å²) in [6.45, 7) is 9.20. The number of rotatable bonds is 6. The van der Waals surface area contributed by atoms with Crippen molar-refractivity contribution >= 4 is 11.3 Å². The largest absolute Gasteiger partial charge is 0.316 e. The van der Waals surface area contributed by atoms with Gasteiger partial charge in [-0.2, -0.15) is 0 Å². The van der Waals surface area contributed by atoms with Crippen molar-refractivity contribution in [3.05, 3.63) is 21.9 Å². The first-order valence-electron chi connectivity index (χ1n) is 6.28. The Morgan fingerprint density at radius 2 is 1.88 bits per heavy atom. The van der Waals surface area contributed by atoms with E-state index >= 15 is 0 Å². The Labute approximate surface area is 104 Å². The van der Waals surface area contributed by atoms with Gasteiger partial charge in [-0.05, 0) is 43.9 Å². The third-order valence-corrected chi connectivity index (χ3v) is 4.93. The molecule has 2 heteroatoms. The van der Waals surface area contributed by atoms with Gasteiger partial charge in [-0.3, -0.25) is 0 Å². The molecule has 0 aliphatic heterocycles. The minimum atomic E-state index is 0.366. The Morgan fingerprint density at radius 3 is 2.31 bits per heavy atom. The molecule has 0 saturated heterocycles. The summed E-state index contributed by atoms with van der Waals surface area (Å²) in [5.74, 6) is 0. The van der Waals surface area contributed by atoms with Crippen molar-refractivity contribution in [3.8, 4) is 0 Å². The Kier molecular flexibility index (Phi) is 5.00. The minimum absolute atomic E-state index is 0.366. The summed E-state index contributed by atoms with van der Waals surface area (Å²) in [5.41, 5.74) is 0.366. The summed E-state index contributed by atoms with van der Waals surface area (Å²) in [7, 11) is 2.08. The van der Waals surface area contributed by atoms with Gasteiger partial charge in [-0.1, -0.05) is 27.7 Å². The van der Waals surface area contributed by atoms with Gasteiger partial charge in [0.1, 0.15) is 0 Å². The first-order chi connectivity index (χ1) is 7.53. The molecular weight excluding hydrogens is 214 g/mol. The van der Waals surface area contributed by atoms with Gasteiger partial charge in [0, 0.05) is 15.8 Å². The molecule has 0 aliphatic rings. The summed E-state index contributed by atoms with van der Waals surface area (Å²) >= 11 is 1.96. The van der Waals surface area contributed by atoms with Crippen LogP contribution in [0.3, 0.4) is 0 Å². The fourth-order valence-corrected chi connectivity index (χ4v) is 2.94. The van der Waals surface area contributed by atoms with Gasteiger partial charge in [0.2, 0.25) is 0 Å². The van der Waals surface area contributed by atoms with Crippen molar-refractivity contribution in [1.82, 2.24) is 5.32 Å². The summed E-state index contributed by atoms with van der Waals surface area (Å²) in [6.07, 6.45) is 3.53. The molecule has 16 heavy (non-hydrogen) atoms. The van der Waals surface area contributed by atoms with Crippen LogP contribution in [0, 0.1) is 5.41 Å². The number of thiophene rings is 1. The van der Waals surface area contributed by atoms with Crippen LogP contribution in [0.5, 0.6) is 0 Å². The third-order valence-electron chi connectivity index (χ3n) is 3.67. The van der Waals surface area contributed by atoms with Crippen molar-refractivity contribution < 1.29 is 0 Å². The van der Waals surface area contributed by atoms with E-state index in [1.54, 1.807) is 0 Å². The van der Waals surface area contributed by atoms with Crippen LogP contribution >= 0.6 is 11.3 Å². The van der Waals surface area contributed by atoms with E-state index in [1.165, 1.54) is 16.2 Å². The SMILES string of the molecule is CCc1ccc(CC(NC)C(C)(C)CC)s1. The van der Waals surface area contributed by atoms with E-state index < -0.39 is 0 Å². The fourth-order valence-electron chi connectivity index (χ4n) is 1.94. The van der Waals surface area contributed by atoms with Crippen LogP contribution < -0.4 is 5.32 Å². The topological polar surface area (TPSA) is 12.0 Å². The molecule has 0 aromatic carbocycles. The van der Waals surface area contributed by atoms with Crippen molar-refractivity contribution in [1.29, 1.82) is 0 Å². The van der Waals surface area contributed by atoms with Gasteiger partial charge < -0.3 is 5.32 Å². The number of hydrogen-bond donors (Lipinski definition) is 1. The molecule has 92 valence electrons. The molecule has 0 bridgehead atoms. The van der Waals surface area contributed by atoms with E-state index in [1.807, 2.05) is 11.3 Å². The Bertz CT molecular complexity index is 314. The fraction of sp³-hybridized carbons (Fsp3) is 0.714. The van der Waals surface area contributed by atoms with E-state index in [2.05, 4.69) is 52.2 Å². The highest BCUT2D eigenvalue weighted by molar-refractivity contribution is 7.11. The van der Waals surface area contributed by atoms with Crippen molar-refractivity contribution in [2.24, 2.45) is 5.41 Å². The highest BCUT2D eigenvalue weighted by atomic mass is 32.1. The second kappa shape index (κ2) is 5.83. The van der Waals surface area contributed by atoms with Crippen molar-refractivity contribution in [2.45, 2.75) is 53.0 Å². The predicted octanol–water partition coefficient (Wildman–Crippen LogP) is 3.88. The molecule has 0 fully saturated rings. The number of hydrogen-bond acceptors (Lipinski definition) is 2. The lowest BCUT2D eigenvalue weighted by Gasteiger charge is -2.33. The first kappa shape index (κ1) is 13.7. The molecule has 0 saturated carbocycles. The van der Waals surface area contributed by atoms with Crippen molar-refractivity contribution in [2.75, 3.05) is 7.05 Å². The van der Waals surface area contributed by atoms with Crippen LogP contribution in [-0.2, 0) is 12.8 Å². The summed E-state index contributed by atoms with van der Waals surface area (Å²) < 4.78 is 0. The summed E-state index contributed by atoms with van der Waals surface area (Å²) in [4.78, 5) is 3.01. The quantitative estimate of drug-likeness (QED) is 0.794. The lowest BCUT2D eigenvalue weighted by molar-refractivity contribution is 0.241. The zero-order valence-corrected chi connectivity index (χ0v) is 12.1. The highest BCUT2D eigenvalue weighted by Crippen LogP contribution is 2.29. The molecule has 0 radical (unpaired) electrons. The maximum absolute atomic E-state index is 3.48. The third kappa shape index (κ3) is 3.33. The standard InChI is InChI=1S/C14H25NS/c1-6-11-8-9-12(16-11)10-13(15-5)14(3,4)7-2/h8-9,13,15H,6-7,10H2,1-5H3. The molecular formula is C14H25NS. The van der Waals surface area contributed by atoms with Crippen LogP contribution in [0.15, 0.2) is 12.1 Å². The molecule has 0 amide bonds. The first-order valence-corrected chi connectivity index (χ1v) is 7.10. The smallest absolute Gasteiger partial charge is 0.0163 e. The zero-order chi connectivity index (χ0) is 12.2. The molecule has 1 unspecified atom stereocenters. The zero-order valence-electron chi connectivity index (χ0n) is 11.3. The van der Waals surface area contributed by atoms with Gasteiger partial charge in [-0.25, -0.2) is 0 Å². The average molecular weight is 239 g/mol. The predicted molar refractivity (Wildman–Crippen MR) is 74.3 cm³/mol. The molecule has 1 heterocycles. The van der Waals surface area contributed by atoms with E-state index in [0.717, 1.165) is 12.8 Å². The second-order valence-electron chi connectivity index (χ2n) is 5.11. The van der Waals surface area contributed by atoms with Crippen LogP contribution in [0.25, 0.3) is 0 Å². The Morgan fingerprint density at radius 1 is 1.25 bits per heavy atom. The monoisotopic (exact) mass is 239 g/mol. The number of nitrogens with one attached hydrogen (secondary N) is 1. The van der Waals surface area contributed by atoms with E-state index in [-0.39, 0.29) is 0 Å². The Hall–Kier alpha value is -0.340. The molecule has 1 atom stereocenters. The van der Waals surface area contributed by atoms with Crippen LogP contribution in [0.2, 0.25) is 0 Å². The van der Waals surface area contributed by atoms with Gasteiger partial charge in [0.05, 0.1) is 0 Å². The Balaban J connectivity index is 2.70. The summed E-state index contributed by atoms with van der Waals surface area (Å²) in [5, 5.41) is 3.48. The average Bonchev–Trinajstić information content (AvgIpc) is 2.73. The molecule has 0 spiro atoms. The lowest BCUT2D eigenvalue weighted by atomic mass is 9.80. The summed E-state index contributed by atoms with van der Waals surface area (Å²) in [6, 6.07) is 5.13. The molecule has 0 aliphatic carbocycles. The maximum Gasteiger partial charge on any atom is 0.0163 e. The van der Waals surface area contributed by atoms with Gasteiger partial charge in [0.25, 0.3) is 0 Å². The van der Waals surface area contributed by atoms with Crippen molar-refractivity contribution in [3.63, 3.8) is 0 Å². The van der Waals surface area contributed by atoms with Gasteiger partial charge in [-0.15, -0.1) is 11.3 Å². The van der Waals surface area contributed by atoms with Gasteiger partial charge in [0.15, 0.2) is 0 Å². The number of likely N-dealkylation sites (N-methyl/N-ethyl adjacent to an activating group) is 1. The minimum Gasteiger partial charge on any atom is -0.316 e. The normalized spacial score (nSPS) is 14.1. The molecule has 1 aromatic rings. The van der Waals surface area contributed by atoms with Crippen LogP contribution in [0.4, 0.5) is 0 Å². The van der Waals surface area contributed by atoms with Crippen LogP contribution in [0.1, 0.15) is 43.9 Å². The van der Waals surface area contributed by atoms with Gasteiger partial charge >= 0.3 is 0 Å². The van der Waals surface area contributed by atoms with E-state index in [4.69, 9.17) is 0 Å². The highest BCUT2D eigenvalue weighted by Gasteiger charge is 2.26. The molecule has 1 N–H and O–H groups in total. The van der Waals surface area contributed by atoms with E-state index in [0.29, 0.717) is 11.5 Å². The lowest BCUT2D eigenvalue weighted by Crippen LogP contribution is -2.41. The maximum atomic E-state index is 3.48. The van der Waals surface area contributed by atoms with E-state index in [9.17, 15) is 0 Å². The molecule has 1 rings (SSSR count).